The summed E-state index contributed by atoms with van der Waals surface area (Å²) < 4.78 is 5.29. The maximum absolute atomic E-state index is 12.2. The fourth-order valence-electron chi connectivity index (χ4n) is 2.81. The highest BCUT2D eigenvalue weighted by Gasteiger charge is 2.55. The van der Waals surface area contributed by atoms with E-state index in [9.17, 15) is 14.4 Å². The molecule has 2 atom stereocenters. The van der Waals surface area contributed by atoms with E-state index in [2.05, 4.69) is 5.32 Å². The summed E-state index contributed by atoms with van der Waals surface area (Å²) in [4.78, 5) is 37.0. The van der Waals surface area contributed by atoms with Gasteiger partial charge in [0.15, 0.2) is 0 Å². The zero-order valence-electron chi connectivity index (χ0n) is 12.1. The third-order valence-corrected chi connectivity index (χ3v) is 3.76. The van der Waals surface area contributed by atoms with Crippen LogP contribution < -0.4 is 11.1 Å². The largest absolute Gasteiger partial charge is 0.444 e. The van der Waals surface area contributed by atoms with Crippen LogP contribution in [0.25, 0.3) is 0 Å². The van der Waals surface area contributed by atoms with E-state index in [0.717, 1.165) is 0 Å². The summed E-state index contributed by atoms with van der Waals surface area (Å²) in [6.07, 6.45) is 0.278. The maximum Gasteiger partial charge on any atom is 0.411 e. The topological polar surface area (TPSA) is 102 Å². The Balaban J connectivity index is 2.20. The standard InChI is InChI=1S/C13H21N3O4/c1-12(2,3)20-11(19)16-7-13(4-5-15-10(13)18)6-8(16)9(14)17/h8H,4-7H2,1-3H3,(H2,14,17)(H,15,18)/t8-,13-/m0/s1. The number of nitrogens with zero attached hydrogens (tertiary/aromatic N) is 1. The first-order valence-corrected chi connectivity index (χ1v) is 6.72. The third-order valence-electron chi connectivity index (χ3n) is 3.76. The summed E-state index contributed by atoms with van der Waals surface area (Å²) in [5.74, 6) is -0.720. The Morgan fingerprint density at radius 3 is 2.55 bits per heavy atom. The predicted octanol–water partition coefficient (Wildman–Crippen LogP) is -0.0126. The van der Waals surface area contributed by atoms with Gasteiger partial charge in [0.2, 0.25) is 11.8 Å². The molecular weight excluding hydrogens is 262 g/mol. The molecule has 112 valence electrons. The zero-order chi connectivity index (χ0) is 15.1. The van der Waals surface area contributed by atoms with Gasteiger partial charge in [-0.15, -0.1) is 0 Å². The van der Waals surface area contributed by atoms with E-state index in [1.807, 2.05) is 0 Å². The lowest BCUT2D eigenvalue weighted by Crippen LogP contribution is -2.46. The number of carbonyl (C=O) groups is 3. The van der Waals surface area contributed by atoms with Gasteiger partial charge in [-0.25, -0.2) is 4.79 Å². The Bertz CT molecular complexity index is 457. The molecule has 1 spiro atoms. The van der Waals surface area contributed by atoms with Crippen molar-refractivity contribution < 1.29 is 19.1 Å². The van der Waals surface area contributed by atoms with Gasteiger partial charge >= 0.3 is 6.09 Å². The van der Waals surface area contributed by atoms with Gasteiger partial charge in [-0.2, -0.15) is 0 Å². The number of likely N-dealkylation sites (tertiary alicyclic amines) is 1. The summed E-state index contributed by atoms with van der Waals surface area (Å²) in [7, 11) is 0. The van der Waals surface area contributed by atoms with Crippen LogP contribution in [0, 0.1) is 5.41 Å². The molecule has 0 aromatic heterocycles. The first kappa shape index (κ1) is 14.6. The van der Waals surface area contributed by atoms with Crippen LogP contribution in [0.2, 0.25) is 0 Å². The number of primary amides is 1. The molecule has 2 heterocycles. The fourth-order valence-corrected chi connectivity index (χ4v) is 2.81. The number of hydrogen-bond donors (Lipinski definition) is 2. The van der Waals surface area contributed by atoms with E-state index in [1.165, 1.54) is 4.90 Å². The lowest BCUT2D eigenvalue weighted by molar-refractivity contribution is -0.127. The third kappa shape index (κ3) is 2.57. The monoisotopic (exact) mass is 283 g/mol. The molecule has 0 aliphatic carbocycles. The molecule has 0 unspecified atom stereocenters. The van der Waals surface area contributed by atoms with Gasteiger partial charge in [0.05, 0.1) is 5.41 Å². The molecule has 3 amide bonds. The molecule has 2 saturated heterocycles. The number of rotatable bonds is 1. The number of amides is 3. The van der Waals surface area contributed by atoms with E-state index in [-0.39, 0.29) is 18.9 Å². The second kappa shape index (κ2) is 4.64. The number of ether oxygens (including phenoxy) is 1. The Kier molecular flexibility index (Phi) is 3.39. The van der Waals surface area contributed by atoms with Crippen molar-refractivity contribution in [3.8, 4) is 0 Å². The summed E-state index contributed by atoms with van der Waals surface area (Å²) in [5, 5.41) is 2.75. The molecule has 20 heavy (non-hydrogen) atoms. The first-order chi connectivity index (χ1) is 9.15. The van der Waals surface area contributed by atoms with Crippen molar-refractivity contribution in [2.75, 3.05) is 13.1 Å². The van der Waals surface area contributed by atoms with Crippen LogP contribution in [0.3, 0.4) is 0 Å². The van der Waals surface area contributed by atoms with E-state index in [4.69, 9.17) is 10.5 Å². The van der Waals surface area contributed by atoms with Gasteiger partial charge in [0, 0.05) is 13.1 Å². The molecule has 3 N–H and O–H groups in total. The van der Waals surface area contributed by atoms with Gasteiger partial charge in [0.1, 0.15) is 11.6 Å². The van der Waals surface area contributed by atoms with Gasteiger partial charge in [-0.1, -0.05) is 0 Å². The number of nitrogens with one attached hydrogen (secondary N) is 1. The average Bonchev–Trinajstić information content (AvgIpc) is 2.83. The minimum Gasteiger partial charge on any atom is -0.444 e. The Labute approximate surface area is 117 Å². The van der Waals surface area contributed by atoms with Crippen LogP contribution in [0.1, 0.15) is 33.6 Å². The molecule has 2 aliphatic heterocycles. The summed E-state index contributed by atoms with van der Waals surface area (Å²) in [5.41, 5.74) is 4.01. The molecule has 7 heteroatoms. The lowest BCUT2D eigenvalue weighted by Gasteiger charge is -2.27. The molecule has 2 rings (SSSR count). The quantitative estimate of drug-likeness (QED) is 0.706. The summed E-state index contributed by atoms with van der Waals surface area (Å²) in [6, 6.07) is -0.784. The van der Waals surface area contributed by atoms with Crippen LogP contribution in [-0.4, -0.2) is 47.5 Å². The summed E-state index contributed by atoms with van der Waals surface area (Å²) in [6.45, 7) is 5.99. The van der Waals surface area contributed by atoms with Crippen molar-refractivity contribution in [2.45, 2.75) is 45.3 Å². The molecule has 0 aromatic rings. The second-order valence-electron chi connectivity index (χ2n) is 6.52. The summed E-state index contributed by atoms with van der Waals surface area (Å²) >= 11 is 0. The van der Waals surface area contributed by atoms with E-state index < -0.39 is 29.1 Å². The van der Waals surface area contributed by atoms with Crippen molar-refractivity contribution in [1.29, 1.82) is 0 Å². The predicted molar refractivity (Wildman–Crippen MR) is 70.6 cm³/mol. The molecule has 0 bridgehead atoms. The molecule has 0 aromatic carbocycles. The van der Waals surface area contributed by atoms with Crippen molar-refractivity contribution in [3.63, 3.8) is 0 Å². The van der Waals surface area contributed by atoms with Gasteiger partial charge in [0.25, 0.3) is 0 Å². The number of nitrogens with two attached hydrogens (primary N) is 1. The van der Waals surface area contributed by atoms with Crippen LogP contribution in [0.4, 0.5) is 4.79 Å². The Morgan fingerprint density at radius 1 is 1.45 bits per heavy atom. The van der Waals surface area contributed by atoms with E-state index in [0.29, 0.717) is 13.0 Å². The lowest BCUT2D eigenvalue weighted by atomic mass is 9.84. The van der Waals surface area contributed by atoms with Crippen LogP contribution in [0.5, 0.6) is 0 Å². The molecule has 2 fully saturated rings. The smallest absolute Gasteiger partial charge is 0.411 e. The minimum atomic E-state index is -0.784. The molecular formula is C13H21N3O4. The maximum atomic E-state index is 12.2. The fraction of sp³-hybridized carbons (Fsp3) is 0.769. The van der Waals surface area contributed by atoms with E-state index >= 15 is 0 Å². The zero-order valence-corrected chi connectivity index (χ0v) is 12.1. The Hall–Kier alpha value is -1.79. The highest BCUT2D eigenvalue weighted by atomic mass is 16.6. The second-order valence-corrected chi connectivity index (χ2v) is 6.52. The van der Waals surface area contributed by atoms with Gasteiger partial charge in [-0.05, 0) is 33.6 Å². The van der Waals surface area contributed by atoms with Crippen LogP contribution in [0.15, 0.2) is 0 Å². The molecule has 0 radical (unpaired) electrons. The molecule has 7 nitrogen and oxygen atoms in total. The van der Waals surface area contributed by atoms with Crippen LogP contribution in [-0.2, 0) is 14.3 Å². The normalized spacial score (nSPS) is 29.6. The highest BCUT2D eigenvalue weighted by molar-refractivity contribution is 5.91. The minimum absolute atomic E-state index is 0.116. The van der Waals surface area contributed by atoms with E-state index in [1.54, 1.807) is 20.8 Å². The van der Waals surface area contributed by atoms with Crippen molar-refractivity contribution in [1.82, 2.24) is 10.2 Å². The number of hydrogen-bond acceptors (Lipinski definition) is 4. The van der Waals surface area contributed by atoms with Crippen molar-refractivity contribution in [2.24, 2.45) is 11.1 Å². The molecule has 2 aliphatic rings. The van der Waals surface area contributed by atoms with Crippen molar-refractivity contribution in [3.05, 3.63) is 0 Å². The highest BCUT2D eigenvalue weighted by Crippen LogP contribution is 2.41. The first-order valence-electron chi connectivity index (χ1n) is 6.72. The Morgan fingerprint density at radius 2 is 2.10 bits per heavy atom. The number of carbonyl (C=O) groups excluding carboxylic acids is 3. The van der Waals surface area contributed by atoms with Gasteiger partial charge < -0.3 is 15.8 Å². The SMILES string of the molecule is CC(C)(C)OC(=O)N1C[C@]2(CCNC2=O)C[C@H]1C(N)=O. The van der Waals surface area contributed by atoms with Crippen LogP contribution >= 0.6 is 0 Å². The average molecular weight is 283 g/mol. The van der Waals surface area contributed by atoms with Gasteiger partial charge in [-0.3, -0.25) is 14.5 Å². The molecule has 0 saturated carbocycles. The van der Waals surface area contributed by atoms with Crippen molar-refractivity contribution >= 4 is 17.9 Å².